The molecule has 2 heterocycles. The van der Waals surface area contributed by atoms with Gasteiger partial charge in [-0.2, -0.15) is 0 Å². The Morgan fingerprint density at radius 1 is 1.16 bits per heavy atom. The van der Waals surface area contributed by atoms with Crippen LogP contribution >= 0.6 is 24.0 Å². The lowest BCUT2D eigenvalue weighted by atomic mass is 9.46. The van der Waals surface area contributed by atoms with Gasteiger partial charge in [0.1, 0.15) is 23.6 Å². The first-order valence-electron chi connectivity index (χ1n) is 15.3. The number of allylic oxidation sites excluding steroid dienone is 1. The molecule has 0 spiro atoms. The summed E-state index contributed by atoms with van der Waals surface area (Å²) in [6.45, 7) is 13.9. The predicted octanol–water partition coefficient (Wildman–Crippen LogP) is 6.19. The van der Waals surface area contributed by atoms with Crippen LogP contribution in [-0.2, 0) is 41.6 Å². The lowest BCUT2D eigenvalue weighted by molar-refractivity contribution is -0.191. The molecular formula is C34H43NO6S2. The number of cyclic esters (lactones) is 1. The summed E-state index contributed by atoms with van der Waals surface area (Å²) in [5, 5.41) is -0.178. The van der Waals surface area contributed by atoms with Crippen molar-refractivity contribution in [1.82, 2.24) is 4.90 Å². The highest BCUT2D eigenvalue weighted by molar-refractivity contribution is 8.23. The van der Waals surface area contributed by atoms with Crippen molar-refractivity contribution in [3.8, 4) is 0 Å². The van der Waals surface area contributed by atoms with Crippen molar-refractivity contribution in [2.75, 3.05) is 19.8 Å². The van der Waals surface area contributed by atoms with Crippen LogP contribution < -0.4 is 0 Å². The first kappa shape index (κ1) is 31.8. The van der Waals surface area contributed by atoms with Gasteiger partial charge in [-0.25, -0.2) is 4.79 Å². The largest absolute Gasteiger partial charge is 0.465 e. The predicted molar refractivity (Wildman–Crippen MR) is 171 cm³/mol. The standard InChI is InChI=1S/C34H43NO6S2/c1-21-10-11-29-33(4,15-12-30(41-23(3)37)34(29,5)20-40-22(2)36)27(21)18-28(26-14-17-39-31(26)38)43-32(42)35-16-13-24-8-6-7-9-25(24)19-35/h6-9,14,27-30H,1,10-13,15-20H2,2-5H3/t27-,28+,29+,30-,33+,34+/m1/s1. The van der Waals surface area contributed by atoms with Gasteiger partial charge in [0.2, 0.25) is 0 Å². The van der Waals surface area contributed by atoms with Crippen LogP contribution in [-0.4, -0.2) is 58.2 Å². The Balaban J connectivity index is 1.42. The van der Waals surface area contributed by atoms with Crippen LogP contribution in [0.4, 0.5) is 0 Å². The Bertz CT molecular complexity index is 1340. The summed E-state index contributed by atoms with van der Waals surface area (Å²) in [5.74, 6) is -0.725. The molecule has 0 bridgehead atoms. The van der Waals surface area contributed by atoms with E-state index in [1.165, 1.54) is 30.5 Å². The second-order valence-electron chi connectivity index (χ2n) is 13.0. The SMILES string of the molecule is C=C1CC[C@@H]2[C@](C)(COC(C)=O)[C@H](OC(C)=O)CC[C@@]2(C)[C@@H]1C[C@H](SC(=S)N1CCc2ccccc2C1)C1=CCOC1=O. The van der Waals surface area contributed by atoms with E-state index in [1.807, 2.05) is 6.08 Å². The number of nitrogens with zero attached hydrogens (tertiary/aromatic N) is 1. The summed E-state index contributed by atoms with van der Waals surface area (Å²) in [4.78, 5) is 39.2. The van der Waals surface area contributed by atoms with Gasteiger partial charge in [0.05, 0.1) is 5.57 Å². The van der Waals surface area contributed by atoms with Crippen molar-refractivity contribution >= 4 is 46.2 Å². The maximum atomic E-state index is 12.9. The van der Waals surface area contributed by atoms with Crippen molar-refractivity contribution in [2.24, 2.45) is 22.7 Å². The smallest absolute Gasteiger partial charge is 0.335 e. The minimum atomic E-state index is -0.548. The zero-order valence-electron chi connectivity index (χ0n) is 25.7. The maximum Gasteiger partial charge on any atom is 0.335 e. The number of benzene rings is 1. The number of thiocarbonyl (C=S) groups is 1. The van der Waals surface area contributed by atoms with E-state index in [0.29, 0.717) is 18.4 Å². The molecule has 43 heavy (non-hydrogen) atoms. The molecule has 0 aromatic heterocycles. The van der Waals surface area contributed by atoms with E-state index in [-0.39, 0.29) is 59.7 Å². The van der Waals surface area contributed by atoms with Crippen molar-refractivity contribution < 1.29 is 28.6 Å². The third kappa shape index (κ3) is 6.44. The number of hydrogen-bond donors (Lipinski definition) is 0. The molecular weight excluding hydrogens is 583 g/mol. The second kappa shape index (κ2) is 12.8. The lowest BCUT2D eigenvalue weighted by Gasteiger charge is -2.60. The monoisotopic (exact) mass is 625 g/mol. The van der Waals surface area contributed by atoms with Crippen molar-refractivity contribution in [3.05, 3.63) is 59.2 Å². The number of ether oxygens (including phenoxy) is 3. The van der Waals surface area contributed by atoms with Gasteiger partial charge >= 0.3 is 17.9 Å². The summed E-state index contributed by atoms with van der Waals surface area (Å²) in [6.07, 6.45) is 6.39. The average Bonchev–Trinajstić information content (AvgIpc) is 3.40. The molecule has 1 aromatic rings. The molecule has 9 heteroatoms. The van der Waals surface area contributed by atoms with E-state index in [0.717, 1.165) is 43.1 Å². The van der Waals surface area contributed by atoms with Crippen LogP contribution in [0.3, 0.4) is 0 Å². The molecule has 0 amide bonds. The average molecular weight is 626 g/mol. The van der Waals surface area contributed by atoms with E-state index in [2.05, 4.69) is 49.6 Å². The molecule has 6 atom stereocenters. The lowest BCUT2D eigenvalue weighted by Crippen LogP contribution is -2.59. The summed E-state index contributed by atoms with van der Waals surface area (Å²) in [7, 11) is 0. The highest BCUT2D eigenvalue weighted by atomic mass is 32.2. The van der Waals surface area contributed by atoms with Gasteiger partial charge in [0.25, 0.3) is 0 Å². The van der Waals surface area contributed by atoms with Crippen molar-refractivity contribution in [1.29, 1.82) is 0 Å². The fourth-order valence-corrected chi connectivity index (χ4v) is 9.85. The van der Waals surface area contributed by atoms with Crippen LogP contribution in [0.5, 0.6) is 0 Å². The van der Waals surface area contributed by atoms with Crippen LogP contribution in [0.1, 0.15) is 70.9 Å². The number of carbonyl (C=O) groups is 3. The number of hydrogen-bond acceptors (Lipinski definition) is 8. The summed E-state index contributed by atoms with van der Waals surface area (Å²) in [5.41, 5.74) is 3.77. The van der Waals surface area contributed by atoms with E-state index in [9.17, 15) is 14.4 Å². The molecule has 0 saturated heterocycles. The molecule has 5 rings (SSSR count). The first-order valence-corrected chi connectivity index (χ1v) is 16.6. The Morgan fingerprint density at radius 3 is 2.58 bits per heavy atom. The van der Waals surface area contributed by atoms with E-state index < -0.39 is 5.41 Å². The first-order chi connectivity index (χ1) is 20.4. The zero-order chi connectivity index (χ0) is 30.9. The molecule has 2 aliphatic heterocycles. The molecule has 4 aliphatic rings. The van der Waals surface area contributed by atoms with Crippen LogP contribution in [0.25, 0.3) is 0 Å². The maximum absolute atomic E-state index is 12.9. The van der Waals surface area contributed by atoms with Crippen LogP contribution in [0.15, 0.2) is 48.1 Å². The van der Waals surface area contributed by atoms with Gasteiger partial charge < -0.3 is 19.1 Å². The molecule has 2 saturated carbocycles. The number of carbonyl (C=O) groups excluding carboxylic acids is 3. The quantitative estimate of drug-likeness (QED) is 0.153. The highest BCUT2D eigenvalue weighted by Gasteiger charge is 2.60. The van der Waals surface area contributed by atoms with Gasteiger partial charge in [-0.1, -0.05) is 74.2 Å². The minimum absolute atomic E-state index is 0.0952. The Morgan fingerprint density at radius 2 is 1.91 bits per heavy atom. The van der Waals surface area contributed by atoms with Gasteiger partial charge in [-0.05, 0) is 73.0 Å². The molecule has 232 valence electrons. The Hall–Kier alpha value is -2.65. The third-order valence-corrected chi connectivity index (χ3v) is 12.1. The fourth-order valence-electron chi connectivity index (χ4n) is 8.19. The normalized spacial score (nSPS) is 30.8. The minimum Gasteiger partial charge on any atom is -0.465 e. The number of thioether (sulfide) groups is 1. The highest BCUT2D eigenvalue weighted by Crippen LogP contribution is 2.63. The molecule has 0 unspecified atom stereocenters. The third-order valence-electron chi connectivity index (χ3n) is 10.4. The topological polar surface area (TPSA) is 82.1 Å². The Kier molecular flexibility index (Phi) is 9.42. The number of esters is 3. The summed E-state index contributed by atoms with van der Waals surface area (Å²) in [6, 6.07) is 8.49. The molecule has 0 N–H and O–H groups in total. The molecule has 1 aromatic carbocycles. The van der Waals surface area contributed by atoms with Crippen LogP contribution in [0, 0.1) is 22.7 Å². The Labute approximate surface area is 264 Å². The van der Waals surface area contributed by atoms with Gasteiger partial charge in [-0.15, -0.1) is 0 Å². The van der Waals surface area contributed by atoms with Crippen LogP contribution in [0.2, 0.25) is 0 Å². The summed E-state index contributed by atoms with van der Waals surface area (Å²) < 4.78 is 17.7. The fraction of sp³-hybridized carbons (Fsp3) is 0.588. The zero-order valence-corrected chi connectivity index (χ0v) is 27.3. The molecule has 2 aliphatic carbocycles. The molecule has 2 fully saturated rings. The van der Waals surface area contributed by atoms with Gasteiger partial charge in [-0.3, -0.25) is 9.59 Å². The van der Waals surface area contributed by atoms with E-state index in [4.69, 9.17) is 26.4 Å². The molecule has 0 radical (unpaired) electrons. The van der Waals surface area contributed by atoms with Gasteiger partial charge in [0.15, 0.2) is 0 Å². The van der Waals surface area contributed by atoms with E-state index >= 15 is 0 Å². The van der Waals surface area contributed by atoms with Crippen molar-refractivity contribution in [2.45, 2.75) is 84.1 Å². The molecule has 7 nitrogen and oxygen atoms in total. The number of rotatable bonds is 7. The van der Waals surface area contributed by atoms with Crippen molar-refractivity contribution in [3.63, 3.8) is 0 Å². The number of fused-ring (bicyclic) bond motifs is 2. The van der Waals surface area contributed by atoms with Gasteiger partial charge in [0, 0.05) is 37.6 Å². The second-order valence-corrected chi connectivity index (χ2v) is 14.9. The van der Waals surface area contributed by atoms with E-state index in [1.54, 1.807) is 11.8 Å². The summed E-state index contributed by atoms with van der Waals surface area (Å²) >= 11 is 7.63.